The van der Waals surface area contributed by atoms with Crippen LogP contribution in [0.5, 0.6) is 0 Å². The van der Waals surface area contributed by atoms with Gasteiger partial charge in [-0.05, 0) is 135 Å². The second kappa shape index (κ2) is 13.9. The van der Waals surface area contributed by atoms with Gasteiger partial charge in [-0.2, -0.15) is 0 Å². The quantitative estimate of drug-likeness (QED) is 0.155. The van der Waals surface area contributed by atoms with E-state index in [1.807, 2.05) is 22.7 Å². The highest BCUT2D eigenvalue weighted by atomic mass is 32.1. The number of benzene rings is 12. The first-order valence-corrected chi connectivity index (χ1v) is 23.6. The molecule has 0 nitrogen and oxygen atoms in total. The first-order valence-electron chi connectivity index (χ1n) is 22.0. The normalized spacial score (nSPS) is 12.1. The zero-order valence-corrected chi connectivity index (χ0v) is 36.2. The van der Waals surface area contributed by atoms with Crippen molar-refractivity contribution in [2.45, 2.75) is 0 Å². The standard InChI is InChI=1S/C62H36S2/c1-3-15-37(16-4-1)59-45-19-7-11-23-49(45)61(50-24-12-8-20-46(50)59)39-27-29-43-53-31-41-32-54-44-30-28-40(34-56(44)64-58(54)36-42(41)35-57(53)63-55(43)33-39)62-51-25-13-9-21-47(51)60(38-17-5-2-6-18-38)48-22-10-14-26-52(48)62/h1-36H. The molecular weight excluding hydrogens is 809 g/mol. The molecule has 0 saturated heterocycles. The van der Waals surface area contributed by atoms with Gasteiger partial charge < -0.3 is 0 Å². The van der Waals surface area contributed by atoms with Crippen molar-refractivity contribution in [2.75, 3.05) is 0 Å². The largest absolute Gasteiger partial charge is 0.135 e. The predicted octanol–water partition coefficient (Wildman–Crippen LogP) is 18.9. The second-order valence-electron chi connectivity index (χ2n) is 17.1. The van der Waals surface area contributed by atoms with Gasteiger partial charge >= 0.3 is 0 Å². The molecule has 14 aromatic rings. The van der Waals surface area contributed by atoms with Crippen molar-refractivity contribution < 1.29 is 0 Å². The molecule has 2 aromatic heterocycles. The van der Waals surface area contributed by atoms with E-state index >= 15 is 0 Å². The summed E-state index contributed by atoms with van der Waals surface area (Å²) in [6, 6.07) is 81.5. The third-order valence-corrected chi connectivity index (χ3v) is 15.8. The fourth-order valence-electron chi connectivity index (χ4n) is 10.8. The van der Waals surface area contributed by atoms with E-state index in [0.29, 0.717) is 0 Å². The van der Waals surface area contributed by atoms with Crippen LogP contribution in [0, 0.1) is 0 Å². The summed E-state index contributed by atoms with van der Waals surface area (Å²) in [7, 11) is 0. The summed E-state index contributed by atoms with van der Waals surface area (Å²) in [6.07, 6.45) is 0. The van der Waals surface area contributed by atoms with Crippen LogP contribution in [0.15, 0.2) is 218 Å². The Kier molecular flexibility index (Phi) is 7.83. The molecule has 2 heteroatoms. The Hall–Kier alpha value is -7.62. The Morgan fingerprint density at radius 2 is 0.469 bits per heavy atom. The molecule has 0 atom stereocenters. The van der Waals surface area contributed by atoms with Gasteiger partial charge in [0.25, 0.3) is 0 Å². The summed E-state index contributed by atoms with van der Waals surface area (Å²) in [4.78, 5) is 0. The monoisotopic (exact) mass is 844 g/mol. The summed E-state index contributed by atoms with van der Waals surface area (Å²) >= 11 is 3.82. The smallest absolute Gasteiger partial charge is 0.0361 e. The third-order valence-electron chi connectivity index (χ3n) is 13.6. The van der Waals surface area contributed by atoms with Crippen molar-refractivity contribution in [3.63, 3.8) is 0 Å². The average molecular weight is 845 g/mol. The predicted molar refractivity (Wildman–Crippen MR) is 281 cm³/mol. The summed E-state index contributed by atoms with van der Waals surface area (Å²) in [5, 5.41) is 18.1. The van der Waals surface area contributed by atoms with E-state index in [0.717, 1.165) is 0 Å². The van der Waals surface area contributed by atoms with Crippen molar-refractivity contribution in [3.8, 4) is 44.5 Å². The Labute approximate surface area is 377 Å². The molecule has 0 aliphatic rings. The highest BCUT2D eigenvalue weighted by molar-refractivity contribution is 7.26. The van der Waals surface area contributed by atoms with Crippen molar-refractivity contribution >= 4 is 117 Å². The third kappa shape index (κ3) is 5.34. The molecule has 296 valence electrons. The summed E-state index contributed by atoms with van der Waals surface area (Å²) in [5.74, 6) is 0. The van der Waals surface area contributed by atoms with Crippen LogP contribution in [-0.4, -0.2) is 0 Å². The zero-order chi connectivity index (χ0) is 41.9. The van der Waals surface area contributed by atoms with Gasteiger partial charge in [-0.3, -0.25) is 0 Å². The number of hydrogen-bond donors (Lipinski definition) is 0. The highest BCUT2D eigenvalue weighted by Crippen LogP contribution is 2.48. The molecule has 0 aliphatic carbocycles. The molecule has 0 saturated carbocycles. The van der Waals surface area contributed by atoms with Gasteiger partial charge in [0, 0.05) is 40.3 Å². The summed E-state index contributed by atoms with van der Waals surface area (Å²) in [6.45, 7) is 0. The zero-order valence-electron chi connectivity index (χ0n) is 34.6. The van der Waals surface area contributed by atoms with Crippen LogP contribution in [0.1, 0.15) is 0 Å². The number of thiophene rings is 2. The molecule has 2 heterocycles. The molecule has 12 aromatic carbocycles. The molecular formula is C62H36S2. The summed E-state index contributed by atoms with van der Waals surface area (Å²) in [5.41, 5.74) is 10.2. The van der Waals surface area contributed by atoms with Crippen LogP contribution in [0.4, 0.5) is 0 Å². The first kappa shape index (κ1) is 35.9. The number of fused-ring (bicyclic) bond motifs is 11. The van der Waals surface area contributed by atoms with Crippen molar-refractivity contribution in [2.24, 2.45) is 0 Å². The topological polar surface area (TPSA) is 0 Å². The molecule has 0 unspecified atom stereocenters. The maximum Gasteiger partial charge on any atom is 0.0361 e. The Balaban J connectivity index is 0.907. The number of hydrogen-bond acceptors (Lipinski definition) is 2. The second-order valence-corrected chi connectivity index (χ2v) is 19.3. The van der Waals surface area contributed by atoms with Gasteiger partial charge in [-0.25, -0.2) is 0 Å². The lowest BCUT2D eigenvalue weighted by Crippen LogP contribution is -1.90. The van der Waals surface area contributed by atoms with E-state index < -0.39 is 0 Å². The molecule has 0 aliphatic heterocycles. The molecule has 0 amide bonds. The molecule has 0 N–H and O–H groups in total. The van der Waals surface area contributed by atoms with Gasteiger partial charge in [-0.15, -0.1) is 22.7 Å². The Morgan fingerprint density at radius 1 is 0.188 bits per heavy atom. The van der Waals surface area contributed by atoms with E-state index in [4.69, 9.17) is 0 Å². The van der Waals surface area contributed by atoms with Gasteiger partial charge in [0.1, 0.15) is 0 Å². The molecule has 0 fully saturated rings. The maximum atomic E-state index is 2.44. The molecule has 64 heavy (non-hydrogen) atoms. The van der Waals surface area contributed by atoms with Gasteiger partial charge in [0.15, 0.2) is 0 Å². The fourth-order valence-corrected chi connectivity index (χ4v) is 13.2. The van der Waals surface area contributed by atoms with E-state index in [9.17, 15) is 0 Å². The SMILES string of the molecule is c1ccc(-c2c3ccccc3c(-c3ccc4c(c3)sc3cc5cc6sc7cc(-c8c9ccccc9c(-c9ccccc9)c9ccccc89)ccc7c6cc5cc34)c3ccccc23)cc1. The van der Waals surface area contributed by atoms with Crippen LogP contribution in [0.25, 0.3) is 139 Å². The van der Waals surface area contributed by atoms with E-state index in [-0.39, 0.29) is 0 Å². The number of rotatable bonds is 4. The van der Waals surface area contributed by atoms with Crippen LogP contribution < -0.4 is 0 Å². The molecule has 0 radical (unpaired) electrons. The fraction of sp³-hybridized carbons (Fsp3) is 0. The molecule has 0 bridgehead atoms. The van der Waals surface area contributed by atoms with Crippen molar-refractivity contribution in [1.82, 2.24) is 0 Å². The van der Waals surface area contributed by atoms with Gasteiger partial charge in [0.2, 0.25) is 0 Å². The van der Waals surface area contributed by atoms with Gasteiger partial charge in [0.05, 0.1) is 0 Å². The van der Waals surface area contributed by atoms with E-state index in [2.05, 4.69) is 218 Å². The Morgan fingerprint density at radius 3 is 0.812 bits per heavy atom. The van der Waals surface area contributed by atoms with Crippen molar-refractivity contribution in [3.05, 3.63) is 218 Å². The van der Waals surface area contributed by atoms with Crippen molar-refractivity contribution in [1.29, 1.82) is 0 Å². The minimum absolute atomic E-state index is 1.25. The van der Waals surface area contributed by atoms with E-state index in [1.165, 1.54) is 139 Å². The minimum Gasteiger partial charge on any atom is -0.135 e. The van der Waals surface area contributed by atoms with Gasteiger partial charge in [-0.1, -0.05) is 182 Å². The van der Waals surface area contributed by atoms with Crippen LogP contribution in [-0.2, 0) is 0 Å². The van der Waals surface area contributed by atoms with Crippen LogP contribution in [0.3, 0.4) is 0 Å². The van der Waals surface area contributed by atoms with Crippen LogP contribution in [0.2, 0.25) is 0 Å². The lowest BCUT2D eigenvalue weighted by atomic mass is 9.86. The Bertz CT molecular complexity index is 3840. The maximum absolute atomic E-state index is 2.44. The lowest BCUT2D eigenvalue weighted by Gasteiger charge is -2.17. The average Bonchev–Trinajstić information content (AvgIpc) is 3.89. The first-order chi connectivity index (χ1) is 31.7. The molecule has 0 spiro atoms. The highest BCUT2D eigenvalue weighted by Gasteiger charge is 2.20. The lowest BCUT2D eigenvalue weighted by molar-refractivity contribution is 1.66. The summed E-state index contributed by atoms with van der Waals surface area (Å²) < 4.78 is 5.29. The van der Waals surface area contributed by atoms with E-state index in [1.54, 1.807) is 0 Å². The molecule has 14 rings (SSSR count). The minimum atomic E-state index is 1.25. The van der Waals surface area contributed by atoms with Crippen LogP contribution >= 0.6 is 22.7 Å².